The van der Waals surface area contributed by atoms with Gasteiger partial charge in [-0.15, -0.1) is 0 Å². The number of ether oxygens (including phenoxy) is 1. The van der Waals surface area contributed by atoms with Crippen molar-refractivity contribution in [2.75, 3.05) is 0 Å². The first kappa shape index (κ1) is 14.8. The molecule has 2 rings (SSSR count). The molecule has 0 saturated carbocycles. The summed E-state index contributed by atoms with van der Waals surface area (Å²) in [7, 11) is 0. The van der Waals surface area contributed by atoms with Crippen molar-refractivity contribution in [3.8, 4) is 16.9 Å². The molecule has 0 atom stereocenters. The maximum absolute atomic E-state index is 13.3. The topological polar surface area (TPSA) is 9.23 Å². The molecule has 0 aliphatic rings. The van der Waals surface area contributed by atoms with E-state index in [9.17, 15) is 17.6 Å². The quantitative estimate of drug-likeness (QED) is 0.537. The fourth-order valence-electron chi connectivity index (χ4n) is 1.61. The Labute approximate surface area is 121 Å². The predicted molar refractivity (Wildman–Crippen MR) is 71.3 cm³/mol. The van der Waals surface area contributed by atoms with Gasteiger partial charge in [0.15, 0.2) is 0 Å². The number of benzene rings is 2. The Morgan fingerprint density at radius 1 is 0.800 bits per heavy atom. The van der Waals surface area contributed by atoms with Gasteiger partial charge in [0, 0.05) is 21.5 Å². The highest BCUT2D eigenvalue weighted by molar-refractivity contribution is 9.10. The maximum atomic E-state index is 13.3. The molecule has 2 aromatic carbocycles. The largest absolute Gasteiger partial charge is 0.475 e. The highest BCUT2D eigenvalue weighted by Crippen LogP contribution is 2.42. The average molecular weight is 349 g/mol. The molecule has 6 heteroatoms. The molecule has 0 bridgehead atoms. The van der Waals surface area contributed by atoms with Crippen molar-refractivity contribution >= 4 is 15.9 Å². The zero-order chi connectivity index (χ0) is 14.8. The van der Waals surface area contributed by atoms with E-state index < -0.39 is 10.9 Å². The van der Waals surface area contributed by atoms with Crippen molar-refractivity contribution in [1.29, 1.82) is 0 Å². The van der Waals surface area contributed by atoms with Crippen LogP contribution in [-0.4, -0.2) is 10.9 Å². The van der Waals surface area contributed by atoms with E-state index in [2.05, 4.69) is 4.74 Å². The van der Waals surface area contributed by atoms with E-state index in [-0.39, 0.29) is 5.75 Å². The van der Waals surface area contributed by atoms with Crippen molar-refractivity contribution in [2.24, 2.45) is 0 Å². The van der Waals surface area contributed by atoms with Crippen LogP contribution in [0.4, 0.5) is 17.6 Å². The van der Waals surface area contributed by atoms with Crippen LogP contribution in [0, 0.1) is 0 Å². The molecule has 0 aliphatic carbocycles. The predicted octanol–water partition coefficient (Wildman–Crippen LogP) is 5.31. The van der Waals surface area contributed by atoms with Gasteiger partial charge in [0.2, 0.25) is 0 Å². The first-order chi connectivity index (χ1) is 9.31. The molecule has 1 nitrogen and oxygen atoms in total. The number of hydrogen-bond donors (Lipinski definition) is 0. The lowest BCUT2D eigenvalue weighted by molar-refractivity contribution is -0.266. The molecule has 0 amide bonds. The summed E-state index contributed by atoms with van der Waals surface area (Å²) in [5.41, 5.74) is 0.904. The third kappa shape index (κ3) is 3.12. The van der Waals surface area contributed by atoms with E-state index in [4.69, 9.17) is 0 Å². The smallest absolute Gasteiger partial charge is 0.427 e. The highest BCUT2D eigenvalue weighted by Gasteiger charge is 2.58. The second-order valence-corrected chi connectivity index (χ2v) is 4.97. The Morgan fingerprint density at radius 2 is 1.35 bits per heavy atom. The number of alkyl halides is 5. The second kappa shape index (κ2) is 5.44. The van der Waals surface area contributed by atoms with Crippen LogP contribution in [0.2, 0.25) is 0 Å². The summed E-state index contributed by atoms with van der Waals surface area (Å²) in [6.07, 6.45) is -4.65. The molecular weight excluding hydrogens is 340 g/mol. The van der Waals surface area contributed by atoms with E-state index >= 15 is 0 Å². The third-order valence-electron chi connectivity index (χ3n) is 2.54. The van der Waals surface area contributed by atoms with Crippen LogP contribution in [0.5, 0.6) is 5.75 Å². The Morgan fingerprint density at radius 3 is 1.95 bits per heavy atom. The lowest BCUT2D eigenvalue weighted by Crippen LogP contribution is -2.40. The summed E-state index contributed by atoms with van der Waals surface area (Å²) < 4.78 is 56.3. The number of para-hydroxylation sites is 1. The summed E-state index contributed by atoms with van der Waals surface area (Å²) >= 11 is 1.63. The van der Waals surface area contributed by atoms with Crippen LogP contribution >= 0.6 is 15.9 Å². The van der Waals surface area contributed by atoms with Gasteiger partial charge < -0.3 is 4.74 Å². The Bertz CT molecular complexity index is 581. The highest BCUT2D eigenvalue weighted by atomic mass is 79.9. The van der Waals surface area contributed by atoms with Gasteiger partial charge in [-0.2, -0.15) is 17.6 Å². The van der Waals surface area contributed by atoms with Crippen LogP contribution in [0.15, 0.2) is 54.6 Å². The molecule has 0 aliphatic heterocycles. The zero-order valence-corrected chi connectivity index (χ0v) is 11.6. The summed E-state index contributed by atoms with van der Waals surface area (Å²) in [6, 6.07) is 14.3. The molecule has 0 saturated heterocycles. The van der Waals surface area contributed by atoms with Gasteiger partial charge in [-0.05, 0) is 11.6 Å². The zero-order valence-electron chi connectivity index (χ0n) is 9.99. The van der Waals surface area contributed by atoms with Gasteiger partial charge in [0.1, 0.15) is 5.75 Å². The lowest BCUT2D eigenvalue weighted by Gasteiger charge is -2.23. The number of rotatable bonds is 4. The summed E-state index contributed by atoms with van der Waals surface area (Å²) in [6.45, 7) is 0. The molecule has 0 unspecified atom stereocenters. The fraction of sp³-hybridized carbons (Fsp3) is 0.143. The van der Waals surface area contributed by atoms with Crippen LogP contribution in [-0.2, 0) is 0 Å². The van der Waals surface area contributed by atoms with Crippen molar-refractivity contribution in [3.05, 3.63) is 54.6 Å². The first-order valence-corrected chi connectivity index (χ1v) is 6.38. The van der Waals surface area contributed by atoms with Gasteiger partial charge in [-0.3, -0.25) is 0 Å². The maximum Gasteiger partial charge on any atom is 0.475 e. The monoisotopic (exact) mass is 348 g/mol. The molecule has 0 fully saturated rings. The van der Waals surface area contributed by atoms with Gasteiger partial charge >= 0.3 is 10.9 Å². The molecule has 20 heavy (non-hydrogen) atoms. The van der Waals surface area contributed by atoms with Crippen LogP contribution in [0.1, 0.15) is 0 Å². The Hall–Kier alpha value is -1.56. The minimum atomic E-state index is -4.65. The van der Waals surface area contributed by atoms with Crippen molar-refractivity contribution in [2.45, 2.75) is 10.9 Å². The number of hydrogen-bond acceptors (Lipinski definition) is 1. The third-order valence-corrected chi connectivity index (χ3v) is 3.00. The van der Waals surface area contributed by atoms with E-state index in [1.807, 2.05) is 0 Å². The second-order valence-electron chi connectivity index (χ2n) is 3.98. The Kier molecular flexibility index (Phi) is 4.04. The standard InChI is InChI=1S/C14H9BrF4O/c15-13(16,17)14(18,19)20-12-9-5-4-8-11(12)10-6-2-1-3-7-10/h1-9H. The van der Waals surface area contributed by atoms with Crippen molar-refractivity contribution < 1.29 is 22.3 Å². The molecule has 2 aromatic rings. The Balaban J connectivity index is 2.40. The molecular formula is C14H9BrF4O. The van der Waals surface area contributed by atoms with Gasteiger partial charge in [-0.1, -0.05) is 48.5 Å². The van der Waals surface area contributed by atoms with E-state index in [0.717, 1.165) is 0 Å². The summed E-state index contributed by atoms with van der Waals surface area (Å²) in [4.78, 5) is -4.45. The molecule has 0 radical (unpaired) electrons. The van der Waals surface area contributed by atoms with Crippen LogP contribution < -0.4 is 4.74 Å². The van der Waals surface area contributed by atoms with Gasteiger partial charge in [0.05, 0.1) is 0 Å². The minimum absolute atomic E-state index is 0.310. The molecule has 0 spiro atoms. The average Bonchev–Trinajstić information content (AvgIpc) is 2.38. The van der Waals surface area contributed by atoms with Gasteiger partial charge in [-0.25, -0.2) is 0 Å². The minimum Gasteiger partial charge on any atom is -0.427 e. The molecule has 0 heterocycles. The van der Waals surface area contributed by atoms with E-state index in [1.165, 1.54) is 18.2 Å². The molecule has 106 valence electrons. The first-order valence-electron chi connectivity index (χ1n) is 5.59. The van der Waals surface area contributed by atoms with Crippen molar-refractivity contribution in [1.82, 2.24) is 0 Å². The SMILES string of the molecule is FC(F)(Br)C(F)(F)Oc1ccccc1-c1ccccc1. The van der Waals surface area contributed by atoms with Crippen LogP contribution in [0.25, 0.3) is 11.1 Å². The fourth-order valence-corrected chi connectivity index (χ4v) is 1.69. The van der Waals surface area contributed by atoms with Gasteiger partial charge in [0.25, 0.3) is 0 Å². The lowest BCUT2D eigenvalue weighted by atomic mass is 10.1. The normalized spacial score (nSPS) is 12.2. The summed E-state index contributed by atoms with van der Waals surface area (Å²) in [5.74, 6) is -0.317. The number of halogens is 5. The van der Waals surface area contributed by atoms with E-state index in [0.29, 0.717) is 11.1 Å². The van der Waals surface area contributed by atoms with Crippen LogP contribution in [0.3, 0.4) is 0 Å². The van der Waals surface area contributed by atoms with Crippen molar-refractivity contribution in [3.63, 3.8) is 0 Å². The van der Waals surface area contributed by atoms with E-state index in [1.54, 1.807) is 52.3 Å². The molecule has 0 N–H and O–H groups in total. The molecule has 0 aromatic heterocycles. The summed E-state index contributed by atoms with van der Waals surface area (Å²) in [5, 5.41) is 0.